The molecule has 16 heavy (non-hydrogen) atoms. The first-order valence-corrected chi connectivity index (χ1v) is 4.97. The number of rotatable bonds is 2. The Bertz CT molecular complexity index is 502. The van der Waals surface area contributed by atoms with Crippen LogP contribution in [0.3, 0.4) is 0 Å². The minimum atomic E-state index is -0.326. The maximum Gasteiger partial charge on any atom is 0.161 e. The van der Waals surface area contributed by atoms with Gasteiger partial charge >= 0.3 is 0 Å². The van der Waals surface area contributed by atoms with Crippen molar-refractivity contribution < 1.29 is 9.50 Å². The van der Waals surface area contributed by atoms with Gasteiger partial charge in [0.15, 0.2) is 5.82 Å². The van der Waals surface area contributed by atoms with Crippen molar-refractivity contribution in [3.8, 4) is 11.4 Å². The van der Waals surface area contributed by atoms with Gasteiger partial charge in [-0.1, -0.05) is 11.6 Å². The van der Waals surface area contributed by atoms with Crippen LogP contribution >= 0.6 is 11.6 Å². The molecule has 0 saturated heterocycles. The lowest BCUT2D eigenvalue weighted by Gasteiger charge is -2.03. The van der Waals surface area contributed by atoms with Crippen LogP contribution in [0.5, 0.6) is 0 Å². The van der Waals surface area contributed by atoms with Crippen LogP contribution in [0, 0.1) is 5.82 Å². The molecule has 0 aliphatic rings. The van der Waals surface area contributed by atoms with E-state index in [0.29, 0.717) is 17.1 Å². The molecule has 82 valence electrons. The lowest BCUT2D eigenvalue weighted by Crippen LogP contribution is -1.96. The molecule has 0 unspecified atom stereocenters. The fourth-order valence-electron chi connectivity index (χ4n) is 1.27. The second kappa shape index (κ2) is 4.55. The molecule has 2 rings (SSSR count). The van der Waals surface area contributed by atoms with Gasteiger partial charge in [-0.3, -0.25) is 0 Å². The first kappa shape index (κ1) is 11.0. The molecule has 3 nitrogen and oxygen atoms in total. The summed E-state index contributed by atoms with van der Waals surface area (Å²) in [6, 6.07) is 7.23. The zero-order chi connectivity index (χ0) is 11.5. The second-order valence-electron chi connectivity index (χ2n) is 3.17. The molecule has 0 fully saturated rings. The molecule has 0 radical (unpaired) electrons. The van der Waals surface area contributed by atoms with Crippen LogP contribution in [-0.2, 0) is 6.61 Å². The summed E-state index contributed by atoms with van der Waals surface area (Å²) in [4.78, 5) is 8.09. The number of benzene rings is 1. The monoisotopic (exact) mass is 238 g/mol. The molecule has 1 N–H and O–H groups in total. The van der Waals surface area contributed by atoms with E-state index in [2.05, 4.69) is 9.97 Å². The van der Waals surface area contributed by atoms with Gasteiger partial charge in [0.05, 0.1) is 12.3 Å². The van der Waals surface area contributed by atoms with E-state index in [9.17, 15) is 4.39 Å². The standard InChI is InChI=1S/C11H8ClFN2O/c12-10-5-9(6-16)14-11(15-10)7-1-3-8(13)4-2-7/h1-5,16H,6H2. The van der Waals surface area contributed by atoms with Crippen molar-refractivity contribution in [2.45, 2.75) is 6.61 Å². The molecule has 0 spiro atoms. The van der Waals surface area contributed by atoms with E-state index in [0.717, 1.165) is 0 Å². The van der Waals surface area contributed by atoms with Crippen molar-refractivity contribution in [3.63, 3.8) is 0 Å². The Morgan fingerprint density at radius 2 is 1.88 bits per heavy atom. The summed E-state index contributed by atoms with van der Waals surface area (Å²) in [5.74, 6) is 0.0460. The summed E-state index contributed by atoms with van der Waals surface area (Å²) in [7, 11) is 0. The summed E-state index contributed by atoms with van der Waals surface area (Å²) in [5.41, 5.74) is 1.08. The predicted molar refractivity (Wildman–Crippen MR) is 58.4 cm³/mol. The van der Waals surface area contributed by atoms with E-state index < -0.39 is 0 Å². The molecule has 2 aromatic rings. The summed E-state index contributed by atoms with van der Waals surface area (Å²) in [5, 5.41) is 9.22. The van der Waals surface area contributed by atoms with Crippen molar-refractivity contribution in [3.05, 3.63) is 47.0 Å². The Kier molecular flexibility index (Phi) is 3.12. The molecule has 5 heteroatoms. The van der Waals surface area contributed by atoms with Gasteiger partial charge in [0.25, 0.3) is 0 Å². The molecular formula is C11H8ClFN2O. The molecular weight excluding hydrogens is 231 g/mol. The number of aliphatic hydroxyl groups excluding tert-OH is 1. The van der Waals surface area contributed by atoms with Gasteiger partial charge in [0.2, 0.25) is 0 Å². The summed E-state index contributed by atoms with van der Waals surface area (Å²) in [6.45, 7) is -0.212. The number of aromatic nitrogens is 2. The molecule has 0 bridgehead atoms. The maximum absolute atomic E-state index is 12.7. The molecule has 0 atom stereocenters. The Balaban J connectivity index is 2.47. The van der Waals surface area contributed by atoms with E-state index in [1.807, 2.05) is 0 Å². The Morgan fingerprint density at radius 1 is 1.19 bits per heavy atom. The van der Waals surface area contributed by atoms with Crippen LogP contribution in [0.25, 0.3) is 11.4 Å². The predicted octanol–water partition coefficient (Wildman–Crippen LogP) is 2.43. The van der Waals surface area contributed by atoms with E-state index >= 15 is 0 Å². The normalized spacial score (nSPS) is 10.4. The van der Waals surface area contributed by atoms with Gasteiger partial charge in [-0.15, -0.1) is 0 Å². The summed E-state index contributed by atoms with van der Waals surface area (Å²) in [6.07, 6.45) is 0. The molecule has 1 aromatic carbocycles. The smallest absolute Gasteiger partial charge is 0.161 e. The van der Waals surface area contributed by atoms with Crippen molar-refractivity contribution in [1.82, 2.24) is 9.97 Å². The first-order chi connectivity index (χ1) is 7.69. The van der Waals surface area contributed by atoms with Crippen molar-refractivity contribution >= 4 is 11.6 Å². The highest BCUT2D eigenvalue weighted by Crippen LogP contribution is 2.18. The molecule has 1 aromatic heterocycles. The fraction of sp³-hybridized carbons (Fsp3) is 0.0909. The van der Waals surface area contributed by atoms with Crippen molar-refractivity contribution in [2.75, 3.05) is 0 Å². The summed E-state index contributed by atoms with van der Waals surface area (Å²) < 4.78 is 12.7. The van der Waals surface area contributed by atoms with Gasteiger partial charge in [-0.2, -0.15) is 0 Å². The van der Waals surface area contributed by atoms with E-state index in [1.54, 1.807) is 12.1 Å². The lowest BCUT2D eigenvalue weighted by atomic mass is 10.2. The van der Waals surface area contributed by atoms with E-state index in [-0.39, 0.29) is 17.6 Å². The fourth-order valence-corrected chi connectivity index (χ4v) is 1.48. The maximum atomic E-state index is 12.7. The topological polar surface area (TPSA) is 46.0 Å². The van der Waals surface area contributed by atoms with Crippen LogP contribution in [0.1, 0.15) is 5.69 Å². The number of nitrogens with zero attached hydrogens (tertiary/aromatic N) is 2. The third-order valence-corrected chi connectivity index (χ3v) is 2.21. The quantitative estimate of drug-likeness (QED) is 0.818. The molecule has 0 saturated carbocycles. The van der Waals surface area contributed by atoms with Crippen LogP contribution in [0.2, 0.25) is 5.15 Å². The van der Waals surface area contributed by atoms with Gasteiger partial charge in [-0.05, 0) is 30.3 Å². The van der Waals surface area contributed by atoms with E-state index in [1.165, 1.54) is 18.2 Å². The zero-order valence-corrected chi connectivity index (χ0v) is 8.95. The largest absolute Gasteiger partial charge is 0.390 e. The highest BCUT2D eigenvalue weighted by molar-refractivity contribution is 6.29. The van der Waals surface area contributed by atoms with Crippen molar-refractivity contribution in [1.29, 1.82) is 0 Å². The SMILES string of the molecule is OCc1cc(Cl)nc(-c2ccc(F)cc2)n1. The molecule has 1 heterocycles. The van der Waals surface area contributed by atoms with E-state index in [4.69, 9.17) is 16.7 Å². The van der Waals surface area contributed by atoms with Gasteiger partial charge in [-0.25, -0.2) is 14.4 Å². The minimum Gasteiger partial charge on any atom is -0.390 e. The average Bonchev–Trinajstić information content (AvgIpc) is 2.29. The third-order valence-electron chi connectivity index (χ3n) is 2.01. The minimum absolute atomic E-state index is 0.212. The molecule has 0 amide bonds. The molecule has 0 aliphatic heterocycles. The highest BCUT2D eigenvalue weighted by atomic mass is 35.5. The highest BCUT2D eigenvalue weighted by Gasteiger charge is 2.05. The average molecular weight is 239 g/mol. The van der Waals surface area contributed by atoms with Gasteiger partial charge in [0, 0.05) is 5.56 Å². The summed E-state index contributed by atoms with van der Waals surface area (Å²) >= 11 is 5.77. The number of halogens is 2. The first-order valence-electron chi connectivity index (χ1n) is 4.59. The van der Waals surface area contributed by atoms with Crippen LogP contribution in [-0.4, -0.2) is 15.1 Å². The van der Waals surface area contributed by atoms with Crippen LogP contribution in [0.15, 0.2) is 30.3 Å². The Morgan fingerprint density at radius 3 is 2.50 bits per heavy atom. The Hall–Kier alpha value is -1.52. The number of hydrogen-bond donors (Lipinski definition) is 1. The molecule has 0 aliphatic carbocycles. The lowest BCUT2D eigenvalue weighted by molar-refractivity contribution is 0.277. The third kappa shape index (κ3) is 2.35. The van der Waals surface area contributed by atoms with Gasteiger partial charge < -0.3 is 5.11 Å². The zero-order valence-electron chi connectivity index (χ0n) is 8.19. The number of hydrogen-bond acceptors (Lipinski definition) is 3. The van der Waals surface area contributed by atoms with Crippen molar-refractivity contribution in [2.24, 2.45) is 0 Å². The van der Waals surface area contributed by atoms with Crippen LogP contribution < -0.4 is 0 Å². The number of aliphatic hydroxyl groups is 1. The Labute approximate surface area is 96.6 Å². The van der Waals surface area contributed by atoms with Crippen LogP contribution in [0.4, 0.5) is 4.39 Å². The second-order valence-corrected chi connectivity index (χ2v) is 3.56. The van der Waals surface area contributed by atoms with Gasteiger partial charge in [0.1, 0.15) is 11.0 Å².